The van der Waals surface area contributed by atoms with Gasteiger partial charge in [0, 0.05) is 31.5 Å². The van der Waals surface area contributed by atoms with Crippen LogP contribution >= 0.6 is 0 Å². The second kappa shape index (κ2) is 6.58. The van der Waals surface area contributed by atoms with Crippen LogP contribution in [0.25, 0.3) is 0 Å². The fourth-order valence-electron chi connectivity index (χ4n) is 2.59. The lowest BCUT2D eigenvalue weighted by atomic mass is 10.2. The Kier molecular flexibility index (Phi) is 4.34. The zero-order valence-corrected chi connectivity index (χ0v) is 12.3. The minimum atomic E-state index is -0.288. The van der Waals surface area contributed by atoms with E-state index < -0.39 is 0 Å². The number of rotatable bonds is 4. The van der Waals surface area contributed by atoms with Crippen LogP contribution in [0.5, 0.6) is 0 Å². The summed E-state index contributed by atoms with van der Waals surface area (Å²) in [6.45, 7) is 1.89. The Morgan fingerprint density at radius 2 is 2.14 bits per heavy atom. The molecule has 1 saturated heterocycles. The molecule has 1 aliphatic rings. The summed E-state index contributed by atoms with van der Waals surface area (Å²) in [4.78, 5) is 18.4. The fraction of sp³-hybridized carbons (Fsp3) is 0.294. The summed E-state index contributed by atoms with van der Waals surface area (Å²) in [5.41, 5.74) is 2.38. The highest BCUT2D eigenvalue weighted by molar-refractivity contribution is 5.93. The van der Waals surface area contributed by atoms with Crippen molar-refractivity contribution < 1.29 is 9.90 Å². The smallest absolute Gasteiger partial charge is 0.270 e. The number of nitrogens with one attached hydrogen (secondary N) is 1. The average Bonchev–Trinajstić information content (AvgIpc) is 3.00. The van der Waals surface area contributed by atoms with E-state index in [1.165, 1.54) is 0 Å². The number of benzene rings is 1. The Morgan fingerprint density at radius 3 is 2.86 bits per heavy atom. The van der Waals surface area contributed by atoms with Crippen molar-refractivity contribution in [1.29, 1.82) is 0 Å². The summed E-state index contributed by atoms with van der Waals surface area (Å²) in [5.74, 6) is -0.189. The van der Waals surface area contributed by atoms with Crippen molar-refractivity contribution >= 4 is 11.6 Å². The molecule has 0 bridgehead atoms. The minimum absolute atomic E-state index is 0.189. The molecule has 2 aromatic rings. The second-order valence-electron chi connectivity index (χ2n) is 5.46. The van der Waals surface area contributed by atoms with E-state index in [4.69, 9.17) is 0 Å². The maximum atomic E-state index is 12.2. The molecule has 114 valence electrons. The first-order valence-corrected chi connectivity index (χ1v) is 7.43. The van der Waals surface area contributed by atoms with Gasteiger partial charge in [-0.1, -0.05) is 30.3 Å². The van der Waals surface area contributed by atoms with Crippen molar-refractivity contribution in [3.05, 3.63) is 59.9 Å². The van der Waals surface area contributed by atoms with Crippen LogP contribution in [-0.2, 0) is 6.54 Å². The van der Waals surface area contributed by atoms with Gasteiger partial charge in [0.2, 0.25) is 0 Å². The Hall–Kier alpha value is -2.40. The molecule has 1 aromatic heterocycles. The number of aromatic nitrogens is 1. The van der Waals surface area contributed by atoms with E-state index in [0.29, 0.717) is 18.8 Å². The monoisotopic (exact) mass is 297 g/mol. The third kappa shape index (κ3) is 3.43. The summed E-state index contributed by atoms with van der Waals surface area (Å²) < 4.78 is 0. The first kappa shape index (κ1) is 14.5. The lowest BCUT2D eigenvalue weighted by molar-refractivity contribution is 0.0946. The van der Waals surface area contributed by atoms with Gasteiger partial charge in [-0.15, -0.1) is 0 Å². The van der Waals surface area contributed by atoms with Crippen molar-refractivity contribution in [1.82, 2.24) is 10.3 Å². The van der Waals surface area contributed by atoms with Gasteiger partial charge in [0.15, 0.2) is 0 Å². The number of carbonyl (C=O) groups excluding carboxylic acids is 1. The van der Waals surface area contributed by atoms with Gasteiger partial charge in [-0.3, -0.25) is 9.78 Å². The second-order valence-corrected chi connectivity index (χ2v) is 5.46. The molecular weight excluding hydrogens is 278 g/mol. The van der Waals surface area contributed by atoms with Crippen molar-refractivity contribution in [2.75, 3.05) is 18.0 Å². The van der Waals surface area contributed by atoms with Crippen LogP contribution < -0.4 is 10.2 Å². The molecule has 0 saturated carbocycles. The number of carbonyl (C=O) groups is 1. The molecule has 0 unspecified atom stereocenters. The fourth-order valence-corrected chi connectivity index (χ4v) is 2.59. The molecule has 1 aromatic carbocycles. The van der Waals surface area contributed by atoms with Crippen LogP contribution in [0, 0.1) is 0 Å². The molecule has 1 amide bonds. The number of amides is 1. The molecule has 5 heteroatoms. The van der Waals surface area contributed by atoms with Crippen molar-refractivity contribution in [2.45, 2.75) is 19.1 Å². The lowest BCUT2D eigenvalue weighted by Gasteiger charge is -2.18. The number of anilines is 1. The highest BCUT2D eigenvalue weighted by Crippen LogP contribution is 2.20. The largest absolute Gasteiger partial charge is 0.391 e. The summed E-state index contributed by atoms with van der Waals surface area (Å²) >= 11 is 0. The molecule has 0 aliphatic carbocycles. The van der Waals surface area contributed by atoms with E-state index in [9.17, 15) is 9.90 Å². The number of pyridine rings is 1. The van der Waals surface area contributed by atoms with Crippen molar-refractivity contribution in [3.63, 3.8) is 0 Å². The van der Waals surface area contributed by atoms with Gasteiger partial charge < -0.3 is 15.3 Å². The number of hydrogen-bond donors (Lipinski definition) is 2. The number of β-amino-alcohol motifs (C(OH)–C–C–N with tert-alkyl or cyclic N) is 1. The number of nitrogens with zero attached hydrogens (tertiary/aromatic N) is 2. The normalized spacial score (nSPS) is 17.5. The Bertz CT molecular complexity index is 645. The van der Waals surface area contributed by atoms with Crippen LogP contribution in [0.3, 0.4) is 0 Å². The van der Waals surface area contributed by atoms with Crippen LogP contribution in [0.15, 0.2) is 48.7 Å². The summed E-state index contributed by atoms with van der Waals surface area (Å²) in [5, 5.41) is 12.5. The molecule has 2 heterocycles. The topological polar surface area (TPSA) is 65.5 Å². The van der Waals surface area contributed by atoms with E-state index in [-0.39, 0.29) is 12.0 Å². The maximum Gasteiger partial charge on any atom is 0.270 e. The van der Waals surface area contributed by atoms with Gasteiger partial charge in [0.05, 0.1) is 6.10 Å². The van der Waals surface area contributed by atoms with Crippen molar-refractivity contribution in [2.24, 2.45) is 0 Å². The quantitative estimate of drug-likeness (QED) is 0.899. The van der Waals surface area contributed by atoms with Gasteiger partial charge >= 0.3 is 0 Å². The summed E-state index contributed by atoms with van der Waals surface area (Å²) in [6.07, 6.45) is 2.11. The van der Waals surface area contributed by atoms with E-state index in [1.807, 2.05) is 36.4 Å². The summed E-state index contributed by atoms with van der Waals surface area (Å²) in [6, 6.07) is 13.4. The molecule has 1 atom stereocenters. The van der Waals surface area contributed by atoms with Gasteiger partial charge in [0.1, 0.15) is 5.69 Å². The average molecular weight is 297 g/mol. The Labute approximate surface area is 129 Å². The number of aliphatic hydroxyl groups excluding tert-OH is 1. The highest BCUT2D eigenvalue weighted by atomic mass is 16.3. The van der Waals surface area contributed by atoms with Crippen LogP contribution in [0.4, 0.5) is 5.69 Å². The van der Waals surface area contributed by atoms with Gasteiger partial charge in [-0.2, -0.15) is 0 Å². The molecule has 0 radical (unpaired) electrons. The molecule has 22 heavy (non-hydrogen) atoms. The zero-order chi connectivity index (χ0) is 15.4. The predicted octanol–water partition coefficient (Wildman–Crippen LogP) is 1.58. The predicted molar refractivity (Wildman–Crippen MR) is 84.7 cm³/mol. The zero-order valence-electron chi connectivity index (χ0n) is 12.3. The van der Waals surface area contributed by atoms with Crippen LogP contribution in [0.1, 0.15) is 22.5 Å². The molecule has 1 fully saturated rings. The van der Waals surface area contributed by atoms with Gasteiger partial charge in [0.25, 0.3) is 5.91 Å². The molecule has 5 nitrogen and oxygen atoms in total. The number of aliphatic hydroxyl groups is 1. The SMILES string of the molecule is O=C(NCc1ccccc1)c1cc(N2CC[C@H](O)C2)ccn1. The third-order valence-corrected chi connectivity index (χ3v) is 3.80. The Morgan fingerprint density at radius 1 is 1.32 bits per heavy atom. The maximum absolute atomic E-state index is 12.2. The highest BCUT2D eigenvalue weighted by Gasteiger charge is 2.21. The van der Waals surface area contributed by atoms with E-state index in [0.717, 1.165) is 24.2 Å². The molecule has 0 spiro atoms. The van der Waals surface area contributed by atoms with Gasteiger partial charge in [-0.05, 0) is 24.1 Å². The summed E-state index contributed by atoms with van der Waals surface area (Å²) in [7, 11) is 0. The standard InChI is InChI=1S/C17H19N3O2/c21-15-7-9-20(12-15)14-6-8-18-16(10-14)17(22)19-11-13-4-2-1-3-5-13/h1-6,8,10,15,21H,7,9,11-12H2,(H,19,22)/t15-/m0/s1. The van der Waals surface area contributed by atoms with E-state index >= 15 is 0 Å². The first-order valence-electron chi connectivity index (χ1n) is 7.43. The van der Waals surface area contributed by atoms with Crippen LogP contribution in [0.2, 0.25) is 0 Å². The van der Waals surface area contributed by atoms with Crippen molar-refractivity contribution in [3.8, 4) is 0 Å². The van der Waals surface area contributed by atoms with Gasteiger partial charge in [-0.25, -0.2) is 0 Å². The Balaban J connectivity index is 1.65. The molecule has 1 aliphatic heterocycles. The van der Waals surface area contributed by atoms with Crippen LogP contribution in [-0.4, -0.2) is 35.2 Å². The molecule has 2 N–H and O–H groups in total. The number of hydrogen-bond acceptors (Lipinski definition) is 4. The van der Waals surface area contributed by atoms with E-state index in [1.54, 1.807) is 12.3 Å². The first-order chi connectivity index (χ1) is 10.7. The molecular formula is C17H19N3O2. The lowest BCUT2D eigenvalue weighted by Crippen LogP contribution is -2.25. The molecule has 3 rings (SSSR count). The third-order valence-electron chi connectivity index (χ3n) is 3.80. The van der Waals surface area contributed by atoms with E-state index in [2.05, 4.69) is 15.2 Å². The minimum Gasteiger partial charge on any atom is -0.391 e.